The molecule has 0 aliphatic heterocycles. The Bertz CT molecular complexity index is 411. The third kappa shape index (κ3) is 1.43. The van der Waals surface area contributed by atoms with Crippen LogP contribution in [0.3, 0.4) is 0 Å². The summed E-state index contributed by atoms with van der Waals surface area (Å²) in [5, 5.41) is 9.44. The monoisotopic (exact) mass is 193 g/mol. The molecule has 0 aliphatic rings. The highest BCUT2D eigenvalue weighted by Gasteiger charge is 2.07. The van der Waals surface area contributed by atoms with Gasteiger partial charge in [-0.1, -0.05) is 6.07 Å². The van der Waals surface area contributed by atoms with Gasteiger partial charge in [-0.15, -0.1) is 21.5 Å². The van der Waals surface area contributed by atoms with Crippen molar-refractivity contribution >= 4 is 23.1 Å². The maximum Gasteiger partial charge on any atom is 0.242 e. The molecule has 0 bridgehead atoms. The lowest BCUT2D eigenvalue weighted by Crippen LogP contribution is -2.03. The van der Waals surface area contributed by atoms with E-state index in [4.69, 9.17) is 11.5 Å². The Morgan fingerprint density at radius 2 is 2.08 bits per heavy atom. The number of nitrogens with zero attached hydrogens (tertiary/aromatic N) is 3. The molecule has 2 rings (SSSR count). The van der Waals surface area contributed by atoms with Crippen molar-refractivity contribution < 1.29 is 0 Å². The van der Waals surface area contributed by atoms with Gasteiger partial charge in [0.1, 0.15) is 5.69 Å². The lowest BCUT2D eigenvalue weighted by molar-refractivity contribution is 1.00. The van der Waals surface area contributed by atoms with Crippen LogP contribution in [0.15, 0.2) is 17.5 Å². The SMILES string of the molecule is Nc1nnc(-c2cccs2)c(N)n1. The van der Waals surface area contributed by atoms with E-state index in [1.165, 1.54) is 11.3 Å². The van der Waals surface area contributed by atoms with Gasteiger partial charge in [0.25, 0.3) is 0 Å². The molecule has 2 aromatic heterocycles. The zero-order valence-electron chi connectivity index (χ0n) is 6.64. The number of rotatable bonds is 1. The van der Waals surface area contributed by atoms with E-state index in [0.717, 1.165) is 4.88 Å². The Hall–Kier alpha value is -1.69. The number of anilines is 2. The van der Waals surface area contributed by atoms with E-state index < -0.39 is 0 Å². The molecule has 0 atom stereocenters. The number of hydrogen-bond donors (Lipinski definition) is 2. The maximum absolute atomic E-state index is 5.63. The molecule has 0 radical (unpaired) electrons. The zero-order chi connectivity index (χ0) is 9.26. The van der Waals surface area contributed by atoms with Gasteiger partial charge < -0.3 is 11.5 Å². The van der Waals surface area contributed by atoms with Crippen molar-refractivity contribution in [3.05, 3.63) is 17.5 Å². The van der Waals surface area contributed by atoms with E-state index in [9.17, 15) is 0 Å². The second kappa shape index (κ2) is 2.98. The molecule has 0 saturated carbocycles. The largest absolute Gasteiger partial charge is 0.382 e. The number of hydrogen-bond acceptors (Lipinski definition) is 6. The van der Waals surface area contributed by atoms with Crippen LogP contribution in [0.4, 0.5) is 11.8 Å². The Morgan fingerprint density at radius 3 is 2.69 bits per heavy atom. The molecule has 0 aromatic carbocycles. The summed E-state index contributed by atoms with van der Waals surface area (Å²) in [6, 6.07) is 3.82. The summed E-state index contributed by atoms with van der Waals surface area (Å²) in [5.41, 5.74) is 11.5. The van der Waals surface area contributed by atoms with Gasteiger partial charge in [0, 0.05) is 0 Å². The topological polar surface area (TPSA) is 90.7 Å². The first kappa shape index (κ1) is 7.93. The van der Waals surface area contributed by atoms with Crippen molar-refractivity contribution in [3.8, 4) is 10.6 Å². The number of nitrogen functional groups attached to an aromatic ring is 2. The van der Waals surface area contributed by atoms with Gasteiger partial charge in [0.05, 0.1) is 4.88 Å². The van der Waals surface area contributed by atoms with Crippen LogP contribution in [0.5, 0.6) is 0 Å². The van der Waals surface area contributed by atoms with Gasteiger partial charge in [-0.05, 0) is 11.4 Å². The van der Waals surface area contributed by atoms with Crippen molar-refractivity contribution in [1.29, 1.82) is 0 Å². The van der Waals surface area contributed by atoms with E-state index in [1.807, 2.05) is 17.5 Å². The summed E-state index contributed by atoms with van der Waals surface area (Å²) < 4.78 is 0. The summed E-state index contributed by atoms with van der Waals surface area (Å²) in [4.78, 5) is 4.76. The molecule has 5 nitrogen and oxygen atoms in total. The van der Waals surface area contributed by atoms with E-state index >= 15 is 0 Å². The average molecular weight is 193 g/mol. The lowest BCUT2D eigenvalue weighted by Gasteiger charge is -1.99. The molecule has 0 spiro atoms. The fraction of sp³-hybridized carbons (Fsp3) is 0. The maximum atomic E-state index is 5.63. The summed E-state index contributed by atoms with van der Waals surface area (Å²) in [6.45, 7) is 0. The predicted octanol–water partition coefficient (Wildman–Crippen LogP) is 0.764. The summed E-state index contributed by atoms with van der Waals surface area (Å²) in [6.07, 6.45) is 0. The minimum atomic E-state index is 0.0952. The van der Waals surface area contributed by atoms with E-state index in [0.29, 0.717) is 11.5 Å². The lowest BCUT2D eigenvalue weighted by atomic mass is 10.3. The third-order valence-corrected chi connectivity index (χ3v) is 2.36. The number of thiophene rings is 1. The molecule has 2 heterocycles. The highest BCUT2D eigenvalue weighted by molar-refractivity contribution is 7.13. The predicted molar refractivity (Wildman–Crippen MR) is 52.0 cm³/mol. The molecule has 13 heavy (non-hydrogen) atoms. The summed E-state index contributed by atoms with van der Waals surface area (Å²) in [7, 11) is 0. The van der Waals surface area contributed by atoms with Gasteiger partial charge in [-0.2, -0.15) is 4.98 Å². The fourth-order valence-electron chi connectivity index (χ4n) is 0.940. The zero-order valence-corrected chi connectivity index (χ0v) is 7.45. The van der Waals surface area contributed by atoms with Crippen LogP contribution in [-0.2, 0) is 0 Å². The molecule has 0 unspecified atom stereocenters. The highest BCUT2D eigenvalue weighted by Crippen LogP contribution is 2.25. The molecule has 6 heteroatoms. The minimum absolute atomic E-state index is 0.0952. The summed E-state index contributed by atoms with van der Waals surface area (Å²) in [5.74, 6) is 0.410. The van der Waals surface area contributed by atoms with Crippen LogP contribution in [0, 0.1) is 0 Å². The normalized spacial score (nSPS) is 10.2. The van der Waals surface area contributed by atoms with Crippen molar-refractivity contribution in [2.75, 3.05) is 11.5 Å². The van der Waals surface area contributed by atoms with Gasteiger partial charge in [0.15, 0.2) is 5.82 Å². The molecule has 0 fully saturated rings. The molecular weight excluding hydrogens is 186 g/mol. The molecular formula is C7H7N5S. The number of aromatic nitrogens is 3. The fourth-order valence-corrected chi connectivity index (χ4v) is 1.66. The average Bonchev–Trinajstić information content (AvgIpc) is 2.56. The Balaban J connectivity index is 2.53. The van der Waals surface area contributed by atoms with E-state index in [-0.39, 0.29) is 5.95 Å². The minimum Gasteiger partial charge on any atom is -0.382 e. The standard InChI is InChI=1S/C7H7N5S/c8-6-5(4-2-1-3-13-4)11-12-7(9)10-6/h1-3H,(H4,8,9,10,12). The van der Waals surface area contributed by atoms with Gasteiger partial charge in [-0.25, -0.2) is 0 Å². The van der Waals surface area contributed by atoms with Crippen molar-refractivity contribution in [2.45, 2.75) is 0 Å². The van der Waals surface area contributed by atoms with Crippen molar-refractivity contribution in [2.24, 2.45) is 0 Å². The summed E-state index contributed by atoms with van der Waals surface area (Å²) >= 11 is 1.53. The van der Waals surface area contributed by atoms with Crippen LogP contribution in [-0.4, -0.2) is 15.2 Å². The van der Waals surface area contributed by atoms with Crippen molar-refractivity contribution in [1.82, 2.24) is 15.2 Å². The van der Waals surface area contributed by atoms with Crippen LogP contribution in [0.2, 0.25) is 0 Å². The quantitative estimate of drug-likeness (QED) is 0.697. The number of nitrogens with two attached hydrogens (primary N) is 2. The molecule has 4 N–H and O–H groups in total. The second-order valence-electron chi connectivity index (χ2n) is 2.38. The van der Waals surface area contributed by atoms with Crippen LogP contribution in [0.25, 0.3) is 10.6 Å². The van der Waals surface area contributed by atoms with Gasteiger partial charge >= 0.3 is 0 Å². The molecule has 0 saturated heterocycles. The molecule has 2 aromatic rings. The Morgan fingerprint density at radius 1 is 1.23 bits per heavy atom. The van der Waals surface area contributed by atoms with Crippen LogP contribution in [0.1, 0.15) is 0 Å². The van der Waals surface area contributed by atoms with Gasteiger partial charge in [-0.3, -0.25) is 0 Å². The van der Waals surface area contributed by atoms with E-state index in [2.05, 4.69) is 15.2 Å². The van der Waals surface area contributed by atoms with Crippen LogP contribution < -0.4 is 11.5 Å². The molecule has 0 aliphatic carbocycles. The van der Waals surface area contributed by atoms with E-state index in [1.54, 1.807) is 0 Å². The Kier molecular flexibility index (Phi) is 1.82. The second-order valence-corrected chi connectivity index (χ2v) is 3.33. The molecule has 66 valence electrons. The first-order chi connectivity index (χ1) is 6.27. The third-order valence-electron chi connectivity index (χ3n) is 1.48. The smallest absolute Gasteiger partial charge is 0.242 e. The first-order valence-electron chi connectivity index (χ1n) is 3.57. The van der Waals surface area contributed by atoms with Gasteiger partial charge in [0.2, 0.25) is 5.95 Å². The van der Waals surface area contributed by atoms with Crippen molar-refractivity contribution in [3.63, 3.8) is 0 Å². The molecule has 0 amide bonds. The Labute approximate surface area is 78.4 Å². The van der Waals surface area contributed by atoms with Crippen LogP contribution >= 0.6 is 11.3 Å². The first-order valence-corrected chi connectivity index (χ1v) is 4.45. The highest BCUT2D eigenvalue weighted by atomic mass is 32.1.